The van der Waals surface area contributed by atoms with Crippen molar-refractivity contribution < 1.29 is 14.3 Å². The van der Waals surface area contributed by atoms with E-state index in [1.54, 1.807) is 19.6 Å². The fraction of sp³-hybridized carbons (Fsp3) is 0.238. The number of imidazole rings is 1. The molecule has 0 saturated carbocycles. The highest BCUT2D eigenvalue weighted by Gasteiger charge is 2.05. The van der Waals surface area contributed by atoms with Gasteiger partial charge in [0.05, 0.1) is 26.5 Å². The van der Waals surface area contributed by atoms with Crippen LogP contribution < -0.4 is 14.8 Å². The SMILES string of the molecule is COc1ccccc1OCCC(=O)NCc1ccc(Cn2ccnc2)cc1. The lowest BCUT2D eigenvalue weighted by Crippen LogP contribution is -2.24. The third-order valence-corrected chi connectivity index (χ3v) is 4.09. The number of methoxy groups -OCH3 is 1. The summed E-state index contributed by atoms with van der Waals surface area (Å²) < 4.78 is 12.9. The molecule has 0 bridgehead atoms. The average Bonchev–Trinajstić information content (AvgIpc) is 3.21. The van der Waals surface area contributed by atoms with Gasteiger partial charge >= 0.3 is 0 Å². The van der Waals surface area contributed by atoms with E-state index in [9.17, 15) is 4.79 Å². The number of benzene rings is 2. The van der Waals surface area contributed by atoms with Crippen molar-refractivity contribution in [3.05, 3.63) is 78.4 Å². The van der Waals surface area contributed by atoms with Crippen molar-refractivity contribution in [1.29, 1.82) is 0 Å². The van der Waals surface area contributed by atoms with Gasteiger partial charge in [0.15, 0.2) is 11.5 Å². The second-order valence-corrected chi connectivity index (χ2v) is 6.08. The molecule has 6 heteroatoms. The van der Waals surface area contributed by atoms with Gasteiger partial charge in [0.2, 0.25) is 5.91 Å². The van der Waals surface area contributed by atoms with Crippen molar-refractivity contribution in [2.75, 3.05) is 13.7 Å². The Morgan fingerprint density at radius 1 is 1.07 bits per heavy atom. The molecule has 0 atom stereocenters. The van der Waals surface area contributed by atoms with E-state index in [4.69, 9.17) is 9.47 Å². The van der Waals surface area contributed by atoms with Gasteiger partial charge < -0.3 is 19.4 Å². The molecule has 140 valence electrons. The van der Waals surface area contributed by atoms with Crippen LogP contribution in [0.1, 0.15) is 17.5 Å². The molecule has 1 aromatic heterocycles. The molecule has 3 rings (SSSR count). The molecule has 27 heavy (non-hydrogen) atoms. The number of amides is 1. The van der Waals surface area contributed by atoms with Crippen molar-refractivity contribution >= 4 is 5.91 Å². The summed E-state index contributed by atoms with van der Waals surface area (Å²) in [7, 11) is 1.59. The van der Waals surface area contributed by atoms with Gasteiger partial charge in [0.1, 0.15) is 0 Å². The number of nitrogens with one attached hydrogen (secondary N) is 1. The Hall–Kier alpha value is -3.28. The van der Waals surface area contributed by atoms with E-state index in [1.807, 2.05) is 47.2 Å². The molecule has 6 nitrogen and oxygen atoms in total. The Bertz CT molecular complexity index is 845. The second kappa shape index (κ2) is 9.43. The Kier molecular flexibility index (Phi) is 6.46. The summed E-state index contributed by atoms with van der Waals surface area (Å²) in [5, 5.41) is 2.91. The van der Waals surface area contributed by atoms with Crippen LogP contribution in [0.15, 0.2) is 67.3 Å². The van der Waals surface area contributed by atoms with Crippen molar-refractivity contribution in [1.82, 2.24) is 14.9 Å². The molecule has 2 aromatic carbocycles. The number of aromatic nitrogens is 2. The van der Waals surface area contributed by atoms with E-state index in [1.165, 1.54) is 5.56 Å². The highest BCUT2D eigenvalue weighted by molar-refractivity contribution is 5.76. The summed E-state index contributed by atoms with van der Waals surface area (Å²) in [4.78, 5) is 16.0. The number of hydrogen-bond donors (Lipinski definition) is 1. The number of ether oxygens (including phenoxy) is 2. The van der Waals surface area contributed by atoms with Crippen LogP contribution in [0.25, 0.3) is 0 Å². The van der Waals surface area contributed by atoms with Gasteiger partial charge in [-0.05, 0) is 23.3 Å². The molecule has 3 aromatic rings. The Balaban J connectivity index is 1.40. The van der Waals surface area contributed by atoms with Crippen LogP contribution in [-0.2, 0) is 17.9 Å². The zero-order chi connectivity index (χ0) is 18.9. The van der Waals surface area contributed by atoms with Gasteiger partial charge in [-0.25, -0.2) is 4.98 Å². The number of para-hydroxylation sites is 2. The van der Waals surface area contributed by atoms with Crippen molar-refractivity contribution in [2.45, 2.75) is 19.5 Å². The van der Waals surface area contributed by atoms with E-state index in [0.29, 0.717) is 24.7 Å². The van der Waals surface area contributed by atoms with E-state index < -0.39 is 0 Å². The van der Waals surface area contributed by atoms with Crippen molar-refractivity contribution in [2.24, 2.45) is 0 Å². The normalized spacial score (nSPS) is 10.4. The molecule has 0 spiro atoms. The Morgan fingerprint density at radius 3 is 2.52 bits per heavy atom. The second-order valence-electron chi connectivity index (χ2n) is 6.08. The van der Waals surface area contributed by atoms with Gasteiger partial charge in [-0.3, -0.25) is 4.79 Å². The van der Waals surface area contributed by atoms with E-state index in [2.05, 4.69) is 22.4 Å². The van der Waals surface area contributed by atoms with Crippen LogP contribution in [0, 0.1) is 0 Å². The zero-order valence-electron chi connectivity index (χ0n) is 15.3. The van der Waals surface area contributed by atoms with Gasteiger partial charge in [-0.15, -0.1) is 0 Å². The van der Waals surface area contributed by atoms with Crippen molar-refractivity contribution in [3.63, 3.8) is 0 Å². The maximum absolute atomic E-state index is 12.0. The minimum atomic E-state index is -0.0487. The van der Waals surface area contributed by atoms with Gasteiger partial charge in [-0.2, -0.15) is 0 Å². The average molecular weight is 365 g/mol. The summed E-state index contributed by atoms with van der Waals surface area (Å²) in [6, 6.07) is 15.6. The van der Waals surface area contributed by atoms with Crippen LogP contribution in [0.2, 0.25) is 0 Å². The van der Waals surface area contributed by atoms with Gasteiger partial charge in [0.25, 0.3) is 0 Å². The maximum atomic E-state index is 12.0. The standard InChI is InChI=1S/C21H23N3O3/c1-26-19-4-2-3-5-20(19)27-13-10-21(25)23-14-17-6-8-18(9-7-17)15-24-12-11-22-16-24/h2-9,11-12,16H,10,13-15H2,1H3,(H,23,25). The molecular formula is C21H23N3O3. The zero-order valence-corrected chi connectivity index (χ0v) is 15.3. The monoisotopic (exact) mass is 365 g/mol. The number of nitrogens with zero attached hydrogens (tertiary/aromatic N) is 2. The first-order valence-electron chi connectivity index (χ1n) is 8.80. The first-order valence-corrected chi connectivity index (χ1v) is 8.80. The van der Waals surface area contributed by atoms with Crippen LogP contribution in [0.3, 0.4) is 0 Å². The fourth-order valence-corrected chi connectivity index (χ4v) is 2.63. The first-order chi connectivity index (χ1) is 13.2. The molecular weight excluding hydrogens is 342 g/mol. The topological polar surface area (TPSA) is 65.4 Å². The molecule has 0 aliphatic carbocycles. The van der Waals surface area contributed by atoms with E-state index in [0.717, 1.165) is 12.1 Å². The molecule has 1 amide bonds. The minimum Gasteiger partial charge on any atom is -0.493 e. The number of carbonyl (C=O) groups is 1. The predicted molar refractivity (Wildman–Crippen MR) is 103 cm³/mol. The van der Waals surface area contributed by atoms with Gasteiger partial charge in [0, 0.05) is 25.5 Å². The molecule has 0 aliphatic heterocycles. The third kappa shape index (κ3) is 5.60. The lowest BCUT2D eigenvalue weighted by molar-refractivity contribution is -0.121. The highest BCUT2D eigenvalue weighted by atomic mass is 16.5. The summed E-state index contributed by atoms with van der Waals surface area (Å²) in [6.07, 6.45) is 5.78. The molecule has 0 fully saturated rings. The fourth-order valence-electron chi connectivity index (χ4n) is 2.63. The number of carbonyl (C=O) groups excluding carboxylic acids is 1. The Morgan fingerprint density at radius 2 is 1.81 bits per heavy atom. The summed E-state index contributed by atoms with van der Waals surface area (Å²) in [6.45, 7) is 1.59. The minimum absolute atomic E-state index is 0.0487. The first kappa shape index (κ1) is 18.5. The molecule has 0 radical (unpaired) electrons. The lowest BCUT2D eigenvalue weighted by Gasteiger charge is -2.10. The quantitative estimate of drug-likeness (QED) is 0.633. The summed E-state index contributed by atoms with van der Waals surface area (Å²) >= 11 is 0. The van der Waals surface area contributed by atoms with Crippen LogP contribution >= 0.6 is 0 Å². The van der Waals surface area contributed by atoms with Crippen LogP contribution in [0.5, 0.6) is 11.5 Å². The van der Waals surface area contributed by atoms with E-state index >= 15 is 0 Å². The van der Waals surface area contributed by atoms with Crippen molar-refractivity contribution in [3.8, 4) is 11.5 Å². The molecule has 1 heterocycles. The predicted octanol–water partition coefficient (Wildman–Crippen LogP) is 3.03. The lowest BCUT2D eigenvalue weighted by atomic mass is 10.1. The molecule has 0 unspecified atom stereocenters. The summed E-state index contributed by atoms with van der Waals surface area (Å²) in [5.74, 6) is 1.25. The smallest absolute Gasteiger partial charge is 0.223 e. The molecule has 1 N–H and O–H groups in total. The number of hydrogen-bond acceptors (Lipinski definition) is 4. The van der Waals surface area contributed by atoms with Crippen LogP contribution in [-0.4, -0.2) is 29.2 Å². The molecule has 0 aliphatic rings. The number of rotatable bonds is 9. The Labute approximate surface area is 158 Å². The van der Waals surface area contributed by atoms with Crippen LogP contribution in [0.4, 0.5) is 0 Å². The largest absolute Gasteiger partial charge is 0.493 e. The van der Waals surface area contributed by atoms with Gasteiger partial charge in [-0.1, -0.05) is 36.4 Å². The third-order valence-electron chi connectivity index (χ3n) is 4.09. The highest BCUT2D eigenvalue weighted by Crippen LogP contribution is 2.25. The summed E-state index contributed by atoms with van der Waals surface area (Å²) in [5.41, 5.74) is 2.25. The molecule has 0 saturated heterocycles. The van der Waals surface area contributed by atoms with E-state index in [-0.39, 0.29) is 12.3 Å². The maximum Gasteiger partial charge on any atom is 0.223 e.